The topological polar surface area (TPSA) is 47.0 Å². The van der Waals surface area contributed by atoms with Crippen molar-refractivity contribution >= 4 is 15.9 Å². The van der Waals surface area contributed by atoms with Crippen LogP contribution in [0.25, 0.3) is 0 Å². The Labute approximate surface area is 127 Å². The predicted molar refractivity (Wildman–Crippen MR) is 82.8 cm³/mol. The van der Waals surface area contributed by atoms with Gasteiger partial charge in [0.15, 0.2) is 0 Å². The van der Waals surface area contributed by atoms with E-state index in [-0.39, 0.29) is 6.04 Å². The van der Waals surface area contributed by atoms with Gasteiger partial charge in [0, 0.05) is 28.5 Å². The lowest BCUT2D eigenvalue weighted by atomic mass is 10.0. The second-order valence-electron chi connectivity index (χ2n) is 4.44. The number of benzene rings is 1. The fourth-order valence-corrected chi connectivity index (χ4v) is 2.58. The molecule has 2 rings (SSSR count). The molecule has 0 saturated heterocycles. The van der Waals surface area contributed by atoms with Crippen molar-refractivity contribution < 1.29 is 4.74 Å². The summed E-state index contributed by atoms with van der Waals surface area (Å²) >= 11 is 3.51. The zero-order valence-corrected chi connectivity index (χ0v) is 13.2. The zero-order chi connectivity index (χ0) is 14.4. The van der Waals surface area contributed by atoms with E-state index in [1.165, 1.54) is 0 Å². The number of halogens is 1. The first-order valence-corrected chi connectivity index (χ1v) is 7.34. The smallest absolute Gasteiger partial charge is 0.122 e. The van der Waals surface area contributed by atoms with Crippen LogP contribution >= 0.6 is 15.9 Å². The van der Waals surface area contributed by atoms with Gasteiger partial charge in [-0.3, -0.25) is 0 Å². The van der Waals surface area contributed by atoms with Gasteiger partial charge in [-0.2, -0.15) is 0 Å². The number of hydrogen-bond acceptors (Lipinski definition) is 4. The van der Waals surface area contributed by atoms with Crippen molar-refractivity contribution in [1.82, 2.24) is 15.3 Å². The van der Waals surface area contributed by atoms with Crippen molar-refractivity contribution in [3.05, 3.63) is 52.5 Å². The first kappa shape index (κ1) is 14.9. The Bertz CT molecular complexity index is 548. The van der Waals surface area contributed by atoms with Crippen LogP contribution in [-0.4, -0.2) is 23.6 Å². The van der Waals surface area contributed by atoms with E-state index in [2.05, 4.69) is 44.2 Å². The third-order valence-electron chi connectivity index (χ3n) is 3.10. The zero-order valence-electron chi connectivity index (χ0n) is 11.6. The molecule has 0 amide bonds. The molecule has 0 bridgehead atoms. The highest BCUT2D eigenvalue weighted by molar-refractivity contribution is 9.10. The van der Waals surface area contributed by atoms with E-state index in [0.717, 1.165) is 34.3 Å². The molecule has 0 aliphatic heterocycles. The molecule has 1 aromatic heterocycles. The maximum atomic E-state index is 5.44. The van der Waals surface area contributed by atoms with Crippen molar-refractivity contribution in [2.45, 2.75) is 19.4 Å². The number of methoxy groups -OCH3 is 1. The minimum atomic E-state index is 0.171. The van der Waals surface area contributed by atoms with Crippen LogP contribution in [0.1, 0.15) is 24.1 Å². The van der Waals surface area contributed by atoms with E-state index in [4.69, 9.17) is 4.74 Å². The molecule has 1 unspecified atom stereocenters. The summed E-state index contributed by atoms with van der Waals surface area (Å²) < 4.78 is 6.48. The lowest BCUT2D eigenvalue weighted by Gasteiger charge is -2.19. The van der Waals surface area contributed by atoms with Gasteiger partial charge in [-0.25, -0.2) is 9.97 Å². The molecule has 1 N–H and O–H groups in total. The maximum Gasteiger partial charge on any atom is 0.122 e. The summed E-state index contributed by atoms with van der Waals surface area (Å²) in [5.74, 6) is 0.896. The number of ether oxygens (including phenoxy) is 1. The van der Waals surface area contributed by atoms with Gasteiger partial charge >= 0.3 is 0 Å². The average molecular weight is 336 g/mol. The van der Waals surface area contributed by atoms with Crippen molar-refractivity contribution in [1.29, 1.82) is 0 Å². The number of hydrogen-bond donors (Lipinski definition) is 1. The third-order valence-corrected chi connectivity index (χ3v) is 3.59. The molecule has 5 heteroatoms. The Morgan fingerprint density at radius 3 is 2.70 bits per heavy atom. The second-order valence-corrected chi connectivity index (χ2v) is 5.36. The summed E-state index contributed by atoms with van der Waals surface area (Å²) in [5.41, 5.74) is 2.23. The Morgan fingerprint density at radius 1 is 1.30 bits per heavy atom. The summed E-state index contributed by atoms with van der Waals surface area (Å²) in [4.78, 5) is 8.20. The van der Waals surface area contributed by atoms with E-state index < -0.39 is 0 Å². The van der Waals surface area contributed by atoms with Crippen molar-refractivity contribution in [2.24, 2.45) is 0 Å². The van der Waals surface area contributed by atoms with Crippen LogP contribution in [0.2, 0.25) is 0 Å². The molecule has 0 saturated carbocycles. The SMILES string of the molecule is CCNC(Cc1cc(Br)ccc1OC)c1cncnc1. The molecular formula is C15H18BrN3O. The highest BCUT2D eigenvalue weighted by atomic mass is 79.9. The first-order chi connectivity index (χ1) is 9.74. The average Bonchev–Trinajstić information content (AvgIpc) is 2.48. The van der Waals surface area contributed by atoms with Crippen LogP contribution in [0.5, 0.6) is 5.75 Å². The Balaban J connectivity index is 2.26. The lowest BCUT2D eigenvalue weighted by Crippen LogP contribution is -2.23. The van der Waals surface area contributed by atoms with Crippen LogP contribution < -0.4 is 10.1 Å². The van der Waals surface area contributed by atoms with Gasteiger partial charge in [0.25, 0.3) is 0 Å². The molecule has 0 aliphatic rings. The van der Waals surface area contributed by atoms with Gasteiger partial charge in [0.2, 0.25) is 0 Å². The molecule has 4 nitrogen and oxygen atoms in total. The molecule has 0 radical (unpaired) electrons. The molecule has 0 fully saturated rings. The van der Waals surface area contributed by atoms with Crippen LogP contribution in [0.15, 0.2) is 41.4 Å². The minimum Gasteiger partial charge on any atom is -0.496 e. The molecule has 106 valence electrons. The molecule has 0 aliphatic carbocycles. The van der Waals surface area contributed by atoms with E-state index in [0.29, 0.717) is 0 Å². The Hall–Kier alpha value is -1.46. The normalized spacial score (nSPS) is 12.2. The fourth-order valence-electron chi connectivity index (χ4n) is 2.17. The highest BCUT2D eigenvalue weighted by Gasteiger charge is 2.14. The van der Waals surface area contributed by atoms with Gasteiger partial charge in [-0.15, -0.1) is 0 Å². The van der Waals surface area contributed by atoms with Crippen molar-refractivity contribution in [2.75, 3.05) is 13.7 Å². The standard InChI is InChI=1S/C15H18BrN3O/c1-3-19-14(12-8-17-10-18-9-12)7-11-6-13(16)4-5-15(11)20-2/h4-6,8-10,14,19H,3,7H2,1-2H3. The molecule has 2 aromatic rings. The van der Waals surface area contributed by atoms with Gasteiger partial charge in [-0.05, 0) is 36.7 Å². The summed E-state index contributed by atoms with van der Waals surface area (Å²) in [7, 11) is 1.70. The molecule has 0 spiro atoms. The Morgan fingerprint density at radius 2 is 2.05 bits per heavy atom. The van der Waals surface area contributed by atoms with Crippen LogP contribution in [0, 0.1) is 0 Å². The first-order valence-electron chi connectivity index (χ1n) is 6.55. The molecular weight excluding hydrogens is 318 g/mol. The fraction of sp³-hybridized carbons (Fsp3) is 0.333. The number of rotatable bonds is 6. The monoisotopic (exact) mass is 335 g/mol. The number of nitrogens with zero attached hydrogens (tertiary/aromatic N) is 2. The maximum absolute atomic E-state index is 5.44. The largest absolute Gasteiger partial charge is 0.496 e. The third kappa shape index (κ3) is 3.77. The predicted octanol–water partition coefficient (Wildman–Crippen LogP) is 3.14. The molecule has 1 aromatic carbocycles. The quantitative estimate of drug-likeness (QED) is 0.880. The van der Waals surface area contributed by atoms with Crippen molar-refractivity contribution in [3.63, 3.8) is 0 Å². The molecule has 1 atom stereocenters. The van der Waals surface area contributed by atoms with Gasteiger partial charge in [0.05, 0.1) is 7.11 Å². The lowest BCUT2D eigenvalue weighted by molar-refractivity contribution is 0.405. The highest BCUT2D eigenvalue weighted by Crippen LogP contribution is 2.27. The summed E-state index contributed by atoms with van der Waals surface area (Å²) in [5, 5.41) is 3.47. The van der Waals surface area contributed by atoms with Gasteiger partial charge < -0.3 is 10.1 Å². The number of nitrogens with one attached hydrogen (secondary N) is 1. The van der Waals surface area contributed by atoms with Gasteiger partial charge in [0.1, 0.15) is 12.1 Å². The molecule has 20 heavy (non-hydrogen) atoms. The summed E-state index contributed by atoms with van der Waals surface area (Å²) in [6.45, 7) is 2.98. The van der Waals surface area contributed by atoms with E-state index in [1.807, 2.05) is 24.5 Å². The number of likely N-dealkylation sites (N-methyl/N-ethyl adjacent to an activating group) is 1. The second kappa shape index (κ2) is 7.36. The van der Waals surface area contributed by atoms with Gasteiger partial charge in [-0.1, -0.05) is 22.9 Å². The Kier molecular flexibility index (Phi) is 5.49. The van der Waals surface area contributed by atoms with Crippen molar-refractivity contribution in [3.8, 4) is 5.75 Å². The van der Waals surface area contributed by atoms with E-state index >= 15 is 0 Å². The van der Waals surface area contributed by atoms with Crippen LogP contribution in [0.4, 0.5) is 0 Å². The summed E-state index contributed by atoms with van der Waals surface area (Å²) in [6.07, 6.45) is 6.07. The summed E-state index contributed by atoms with van der Waals surface area (Å²) in [6, 6.07) is 6.22. The van der Waals surface area contributed by atoms with Crippen LogP contribution in [0.3, 0.4) is 0 Å². The van der Waals surface area contributed by atoms with E-state index in [1.54, 1.807) is 13.4 Å². The number of aromatic nitrogens is 2. The van der Waals surface area contributed by atoms with E-state index in [9.17, 15) is 0 Å². The molecule has 1 heterocycles. The minimum absolute atomic E-state index is 0.171. The van der Waals surface area contributed by atoms with Crippen LogP contribution in [-0.2, 0) is 6.42 Å².